The van der Waals surface area contributed by atoms with Gasteiger partial charge in [0.2, 0.25) is 0 Å². The van der Waals surface area contributed by atoms with Crippen LogP contribution in [0.5, 0.6) is 0 Å². The number of amides is 1. The van der Waals surface area contributed by atoms with Gasteiger partial charge in [0.1, 0.15) is 11.6 Å². The number of hydrogen-bond acceptors (Lipinski definition) is 4. The van der Waals surface area contributed by atoms with Gasteiger partial charge in [-0.1, -0.05) is 18.2 Å². The molecule has 0 N–H and O–H groups in total. The van der Waals surface area contributed by atoms with Crippen molar-refractivity contribution < 1.29 is 18.3 Å². The van der Waals surface area contributed by atoms with Crippen molar-refractivity contribution in [1.82, 2.24) is 9.80 Å². The number of hydrogen-bond donors (Lipinski definition) is 0. The number of benzene rings is 2. The van der Waals surface area contributed by atoms with Crippen LogP contribution in [0.15, 0.2) is 42.5 Å². The molecule has 0 aliphatic heterocycles. The Hall–Kier alpha value is -2.35. The number of rotatable bonds is 8. The fourth-order valence-corrected chi connectivity index (χ4v) is 4.34. The standard InChI is InChI=1S/C22H24F2N2O2S/c1-25(2)11-12-26(13-15-7-9-16(23)10-8-15)22(27)21-17(14-28-3)20-18(24)5-4-6-19(20)29-21/h4-10H,11-14H2,1-3H3. The van der Waals surface area contributed by atoms with E-state index in [0.717, 1.165) is 10.3 Å². The molecule has 0 aliphatic rings. The van der Waals surface area contributed by atoms with Gasteiger partial charge in [0.25, 0.3) is 5.91 Å². The molecule has 154 valence electrons. The first-order valence-electron chi connectivity index (χ1n) is 9.28. The average Bonchev–Trinajstić information content (AvgIpc) is 3.06. The molecule has 3 rings (SSSR count). The summed E-state index contributed by atoms with van der Waals surface area (Å²) in [4.78, 5) is 17.7. The van der Waals surface area contributed by atoms with Crippen molar-refractivity contribution in [2.75, 3.05) is 34.3 Å². The summed E-state index contributed by atoms with van der Waals surface area (Å²) < 4.78 is 33.7. The number of carbonyl (C=O) groups excluding carboxylic acids is 1. The molecule has 0 spiro atoms. The number of likely N-dealkylation sites (N-methyl/N-ethyl adjacent to an activating group) is 1. The van der Waals surface area contributed by atoms with Gasteiger partial charge in [0.05, 0.1) is 11.5 Å². The Morgan fingerprint density at radius 3 is 2.45 bits per heavy atom. The third kappa shape index (κ3) is 4.98. The van der Waals surface area contributed by atoms with Crippen LogP contribution in [0.1, 0.15) is 20.8 Å². The van der Waals surface area contributed by atoms with Crippen LogP contribution in [0.25, 0.3) is 10.1 Å². The molecule has 1 aromatic heterocycles. The van der Waals surface area contributed by atoms with Crippen molar-refractivity contribution in [3.63, 3.8) is 0 Å². The Morgan fingerprint density at radius 2 is 1.79 bits per heavy atom. The lowest BCUT2D eigenvalue weighted by molar-refractivity contribution is 0.0732. The van der Waals surface area contributed by atoms with Gasteiger partial charge in [-0.3, -0.25) is 4.79 Å². The molecular weight excluding hydrogens is 394 g/mol. The molecular formula is C22H24F2N2O2S. The van der Waals surface area contributed by atoms with Crippen LogP contribution < -0.4 is 0 Å². The molecule has 2 aromatic carbocycles. The minimum Gasteiger partial charge on any atom is -0.380 e. The summed E-state index contributed by atoms with van der Waals surface area (Å²) >= 11 is 1.28. The van der Waals surface area contributed by atoms with E-state index in [4.69, 9.17) is 4.74 Å². The quantitative estimate of drug-likeness (QED) is 0.539. The van der Waals surface area contributed by atoms with Crippen LogP contribution >= 0.6 is 11.3 Å². The lowest BCUT2D eigenvalue weighted by Gasteiger charge is -2.24. The van der Waals surface area contributed by atoms with Crippen molar-refractivity contribution in [2.24, 2.45) is 0 Å². The lowest BCUT2D eigenvalue weighted by Crippen LogP contribution is -2.36. The number of halogens is 2. The highest BCUT2D eigenvalue weighted by Gasteiger charge is 2.25. The molecule has 0 saturated carbocycles. The van der Waals surface area contributed by atoms with Gasteiger partial charge in [-0.25, -0.2) is 8.78 Å². The largest absolute Gasteiger partial charge is 0.380 e. The second-order valence-electron chi connectivity index (χ2n) is 7.11. The van der Waals surface area contributed by atoms with Gasteiger partial charge in [-0.15, -0.1) is 11.3 Å². The summed E-state index contributed by atoms with van der Waals surface area (Å²) in [7, 11) is 5.40. The summed E-state index contributed by atoms with van der Waals surface area (Å²) in [6, 6.07) is 11.0. The van der Waals surface area contributed by atoms with Crippen LogP contribution in [0, 0.1) is 11.6 Å². The smallest absolute Gasteiger partial charge is 0.264 e. The van der Waals surface area contributed by atoms with E-state index in [1.807, 2.05) is 25.1 Å². The van der Waals surface area contributed by atoms with E-state index in [-0.39, 0.29) is 24.1 Å². The topological polar surface area (TPSA) is 32.8 Å². The zero-order valence-electron chi connectivity index (χ0n) is 16.7. The Balaban J connectivity index is 1.98. The second kappa shape index (κ2) is 9.43. The number of carbonyl (C=O) groups is 1. The maximum absolute atomic E-state index is 14.5. The Bertz CT molecular complexity index is 986. The van der Waals surface area contributed by atoms with Crippen LogP contribution in [0.3, 0.4) is 0 Å². The van der Waals surface area contributed by atoms with Crippen LogP contribution in [0.2, 0.25) is 0 Å². The Morgan fingerprint density at radius 1 is 1.07 bits per heavy atom. The van der Waals surface area contributed by atoms with Gasteiger partial charge >= 0.3 is 0 Å². The summed E-state index contributed by atoms with van der Waals surface area (Å²) in [6.07, 6.45) is 0. The first-order valence-corrected chi connectivity index (χ1v) is 10.1. The van der Waals surface area contributed by atoms with Crippen LogP contribution in [0.4, 0.5) is 8.78 Å². The third-order valence-electron chi connectivity index (χ3n) is 4.64. The average molecular weight is 419 g/mol. The molecule has 0 unspecified atom stereocenters. The molecule has 7 heteroatoms. The zero-order chi connectivity index (χ0) is 21.0. The van der Waals surface area contributed by atoms with E-state index in [1.54, 1.807) is 23.1 Å². The van der Waals surface area contributed by atoms with Crippen LogP contribution in [-0.4, -0.2) is 50.0 Å². The predicted octanol–water partition coefficient (Wildman–Crippen LogP) is 4.53. The first kappa shape index (κ1) is 21.4. The molecule has 1 heterocycles. The highest BCUT2D eigenvalue weighted by atomic mass is 32.1. The zero-order valence-corrected chi connectivity index (χ0v) is 17.6. The van der Waals surface area contributed by atoms with E-state index in [9.17, 15) is 13.6 Å². The van der Waals surface area contributed by atoms with Crippen molar-refractivity contribution in [2.45, 2.75) is 13.2 Å². The SMILES string of the molecule is COCc1c(C(=O)N(CCN(C)C)Cc2ccc(F)cc2)sc2cccc(F)c12. The summed E-state index contributed by atoms with van der Waals surface area (Å²) in [6.45, 7) is 1.66. The van der Waals surface area contributed by atoms with Crippen molar-refractivity contribution in [3.05, 3.63) is 70.1 Å². The predicted molar refractivity (Wildman–Crippen MR) is 112 cm³/mol. The Labute approximate surface area is 173 Å². The number of fused-ring (bicyclic) bond motifs is 1. The summed E-state index contributed by atoms with van der Waals surface area (Å²) in [5, 5.41) is 0.442. The summed E-state index contributed by atoms with van der Waals surface area (Å²) in [5.41, 5.74) is 1.41. The number of ether oxygens (including phenoxy) is 1. The molecule has 0 radical (unpaired) electrons. The Kier molecular flexibility index (Phi) is 6.95. The fraction of sp³-hybridized carbons (Fsp3) is 0.318. The van der Waals surface area contributed by atoms with Gasteiger partial charge in [-0.05, 0) is 43.9 Å². The lowest BCUT2D eigenvalue weighted by atomic mass is 10.1. The molecule has 0 aliphatic carbocycles. The van der Waals surface area contributed by atoms with E-state index in [0.29, 0.717) is 35.5 Å². The second-order valence-corrected chi connectivity index (χ2v) is 8.16. The molecule has 0 atom stereocenters. The third-order valence-corrected chi connectivity index (χ3v) is 5.82. The van der Waals surface area contributed by atoms with Gasteiger partial charge in [0.15, 0.2) is 0 Å². The molecule has 29 heavy (non-hydrogen) atoms. The van der Waals surface area contributed by atoms with E-state index >= 15 is 0 Å². The fourth-order valence-electron chi connectivity index (χ4n) is 3.15. The van der Waals surface area contributed by atoms with Gasteiger partial charge in [-0.2, -0.15) is 0 Å². The number of thiophene rings is 1. The molecule has 0 bridgehead atoms. The molecule has 1 amide bonds. The summed E-state index contributed by atoms with van der Waals surface area (Å²) in [5.74, 6) is -0.852. The molecule has 0 saturated heterocycles. The minimum atomic E-state index is -0.358. The molecule has 3 aromatic rings. The van der Waals surface area contributed by atoms with E-state index in [1.165, 1.54) is 36.6 Å². The highest BCUT2D eigenvalue weighted by Crippen LogP contribution is 2.34. The van der Waals surface area contributed by atoms with Crippen molar-refractivity contribution in [1.29, 1.82) is 0 Å². The van der Waals surface area contributed by atoms with Crippen LogP contribution in [-0.2, 0) is 17.9 Å². The van der Waals surface area contributed by atoms with E-state index < -0.39 is 0 Å². The van der Waals surface area contributed by atoms with Crippen molar-refractivity contribution >= 4 is 27.3 Å². The number of nitrogens with zero attached hydrogens (tertiary/aromatic N) is 2. The first-order chi connectivity index (χ1) is 13.9. The minimum absolute atomic E-state index is 0.153. The normalized spacial score (nSPS) is 11.4. The van der Waals surface area contributed by atoms with E-state index in [2.05, 4.69) is 0 Å². The maximum Gasteiger partial charge on any atom is 0.264 e. The van der Waals surface area contributed by atoms with Crippen molar-refractivity contribution in [3.8, 4) is 0 Å². The van der Waals surface area contributed by atoms with Gasteiger partial charge < -0.3 is 14.5 Å². The monoisotopic (exact) mass is 418 g/mol. The number of methoxy groups -OCH3 is 1. The highest BCUT2D eigenvalue weighted by molar-refractivity contribution is 7.21. The van der Waals surface area contributed by atoms with Gasteiger partial charge in [0, 0.05) is 42.4 Å². The molecule has 4 nitrogen and oxygen atoms in total. The molecule has 0 fully saturated rings. The maximum atomic E-state index is 14.5.